The maximum atomic E-state index is 5.90. The van der Waals surface area contributed by atoms with Crippen molar-refractivity contribution in [3.8, 4) is 22.1 Å². The van der Waals surface area contributed by atoms with Crippen LogP contribution in [0.3, 0.4) is 0 Å². The van der Waals surface area contributed by atoms with Crippen LogP contribution in [0, 0.1) is 5.92 Å². The number of hydrogen-bond acceptors (Lipinski definition) is 4. The minimum atomic E-state index is 0. The molecule has 1 aliphatic carbocycles. The van der Waals surface area contributed by atoms with Crippen LogP contribution < -0.4 is 5.73 Å². The zero-order valence-corrected chi connectivity index (χ0v) is 15.7. The first-order valence-electron chi connectivity index (χ1n) is 8.59. The maximum Gasteiger partial charge on any atom is 0.169 e. The minimum Gasteiger partial charge on any atom is -0.330 e. The molecule has 2 N–H and O–H groups in total. The molecule has 1 saturated carbocycles. The first-order valence-corrected chi connectivity index (χ1v) is 9.47. The van der Waals surface area contributed by atoms with E-state index in [0.29, 0.717) is 12.0 Å². The summed E-state index contributed by atoms with van der Waals surface area (Å²) < 4.78 is 2.31. The Balaban J connectivity index is 0.00000182. The summed E-state index contributed by atoms with van der Waals surface area (Å²) in [5.74, 6) is 1.63. The van der Waals surface area contributed by atoms with E-state index in [1.807, 2.05) is 24.4 Å². The Kier molecular flexibility index (Phi) is 5.89. The number of nitrogens with zero attached hydrogens (tertiary/aromatic N) is 3. The molecule has 2 heterocycles. The van der Waals surface area contributed by atoms with Gasteiger partial charge in [-0.2, -0.15) is 0 Å². The van der Waals surface area contributed by atoms with Crippen molar-refractivity contribution in [2.75, 3.05) is 6.54 Å². The van der Waals surface area contributed by atoms with Gasteiger partial charge in [-0.3, -0.25) is 0 Å². The number of aromatic nitrogens is 3. The van der Waals surface area contributed by atoms with Crippen LogP contribution in [0.4, 0.5) is 0 Å². The molecule has 132 valence electrons. The van der Waals surface area contributed by atoms with Gasteiger partial charge in [0.1, 0.15) is 0 Å². The predicted octanol–water partition coefficient (Wildman–Crippen LogP) is 4.79. The lowest BCUT2D eigenvalue weighted by Crippen LogP contribution is -2.24. The number of benzene rings is 1. The van der Waals surface area contributed by atoms with Gasteiger partial charge in [0.2, 0.25) is 0 Å². The lowest BCUT2D eigenvalue weighted by atomic mass is 9.85. The predicted molar refractivity (Wildman–Crippen MR) is 106 cm³/mol. The summed E-state index contributed by atoms with van der Waals surface area (Å²) in [6.45, 7) is 0.788. The zero-order chi connectivity index (χ0) is 16.4. The van der Waals surface area contributed by atoms with Crippen LogP contribution in [0.15, 0.2) is 48.1 Å². The van der Waals surface area contributed by atoms with Gasteiger partial charge in [-0.05, 0) is 31.7 Å². The Hall–Kier alpha value is -1.69. The molecule has 1 aliphatic rings. The second-order valence-corrected chi connectivity index (χ2v) is 7.34. The third kappa shape index (κ3) is 3.78. The van der Waals surface area contributed by atoms with E-state index in [1.54, 1.807) is 11.3 Å². The summed E-state index contributed by atoms with van der Waals surface area (Å²) in [6.07, 6.45) is 8.85. The molecule has 0 unspecified atom stereocenters. The first-order chi connectivity index (χ1) is 11.8. The molecule has 0 bridgehead atoms. The monoisotopic (exact) mass is 374 g/mol. The van der Waals surface area contributed by atoms with Crippen molar-refractivity contribution in [1.82, 2.24) is 14.5 Å². The maximum absolute atomic E-state index is 5.90. The van der Waals surface area contributed by atoms with Crippen LogP contribution >= 0.6 is 23.7 Å². The molecule has 2 aromatic heterocycles. The van der Waals surface area contributed by atoms with Crippen molar-refractivity contribution >= 4 is 23.7 Å². The van der Waals surface area contributed by atoms with E-state index in [2.05, 4.69) is 33.3 Å². The Labute approximate surface area is 158 Å². The first kappa shape index (κ1) is 18.1. The van der Waals surface area contributed by atoms with Gasteiger partial charge < -0.3 is 10.3 Å². The van der Waals surface area contributed by atoms with Crippen molar-refractivity contribution < 1.29 is 0 Å². The van der Waals surface area contributed by atoms with Crippen LogP contribution in [0.1, 0.15) is 31.7 Å². The quantitative estimate of drug-likeness (QED) is 0.714. The van der Waals surface area contributed by atoms with Crippen LogP contribution in [0.2, 0.25) is 0 Å². The molecular weight excluding hydrogens is 352 g/mol. The lowest BCUT2D eigenvalue weighted by molar-refractivity contribution is 0.273. The van der Waals surface area contributed by atoms with Gasteiger partial charge in [0.25, 0.3) is 0 Å². The molecule has 1 aromatic carbocycles. The average molecular weight is 375 g/mol. The highest BCUT2D eigenvalue weighted by atomic mass is 35.5. The van der Waals surface area contributed by atoms with Gasteiger partial charge in [-0.15, -0.1) is 23.7 Å². The molecule has 0 spiro atoms. The Morgan fingerprint density at radius 3 is 2.84 bits per heavy atom. The molecule has 2 atom stereocenters. The fraction of sp³-hybridized carbons (Fsp3) is 0.368. The summed E-state index contributed by atoms with van der Waals surface area (Å²) in [5.41, 5.74) is 8.07. The lowest BCUT2D eigenvalue weighted by Gasteiger charge is -2.30. The molecule has 0 radical (unpaired) electrons. The molecule has 0 amide bonds. The highest BCUT2D eigenvalue weighted by molar-refractivity contribution is 7.13. The molecule has 3 aromatic rings. The van der Waals surface area contributed by atoms with Gasteiger partial charge in [-0.1, -0.05) is 36.8 Å². The van der Waals surface area contributed by atoms with Crippen molar-refractivity contribution in [2.45, 2.75) is 31.7 Å². The van der Waals surface area contributed by atoms with Crippen molar-refractivity contribution in [3.63, 3.8) is 0 Å². The van der Waals surface area contributed by atoms with Crippen LogP contribution in [0.5, 0.6) is 0 Å². The number of nitrogens with two attached hydrogens (primary N) is 1. The number of halogens is 1. The fourth-order valence-electron chi connectivity index (χ4n) is 3.62. The van der Waals surface area contributed by atoms with Gasteiger partial charge in [0.15, 0.2) is 10.8 Å². The molecule has 6 heteroatoms. The number of hydrogen-bond donors (Lipinski definition) is 1. The molecule has 0 saturated heterocycles. The van der Waals surface area contributed by atoms with E-state index in [1.165, 1.54) is 19.3 Å². The molecule has 25 heavy (non-hydrogen) atoms. The van der Waals surface area contributed by atoms with E-state index in [9.17, 15) is 0 Å². The summed E-state index contributed by atoms with van der Waals surface area (Å²) in [7, 11) is 0. The molecular formula is C19H23ClN4S. The summed E-state index contributed by atoms with van der Waals surface area (Å²) in [4.78, 5) is 9.43. The topological polar surface area (TPSA) is 56.7 Å². The molecule has 4 nitrogen and oxygen atoms in total. The normalized spacial score (nSPS) is 20.2. The zero-order valence-electron chi connectivity index (χ0n) is 14.0. The standard InChI is InChI=1S/C19H22N4S.ClH/c20-12-14-5-4-8-16(11-14)23-10-9-21-18(23)19-22-17(13-24-19)15-6-2-1-3-7-15;/h1-3,6-7,9-10,13-14,16H,4-5,8,11-12,20H2;1H/t14-,16+;/m1./s1. The summed E-state index contributed by atoms with van der Waals surface area (Å²) >= 11 is 1.67. The van der Waals surface area contributed by atoms with Gasteiger partial charge in [0, 0.05) is 29.4 Å². The highest BCUT2D eigenvalue weighted by Crippen LogP contribution is 2.36. The summed E-state index contributed by atoms with van der Waals surface area (Å²) in [5, 5.41) is 3.11. The smallest absolute Gasteiger partial charge is 0.169 e. The van der Waals surface area contributed by atoms with Crippen molar-refractivity contribution in [2.24, 2.45) is 11.7 Å². The second-order valence-electron chi connectivity index (χ2n) is 6.48. The molecule has 1 fully saturated rings. The van der Waals surface area contributed by atoms with E-state index >= 15 is 0 Å². The largest absolute Gasteiger partial charge is 0.330 e. The Morgan fingerprint density at radius 2 is 2.04 bits per heavy atom. The Morgan fingerprint density at radius 1 is 1.20 bits per heavy atom. The van der Waals surface area contributed by atoms with Gasteiger partial charge in [-0.25, -0.2) is 9.97 Å². The number of thiazole rings is 1. The Bertz CT molecular complexity index is 799. The fourth-order valence-corrected chi connectivity index (χ4v) is 4.45. The van der Waals surface area contributed by atoms with Crippen molar-refractivity contribution in [1.29, 1.82) is 0 Å². The molecule has 4 rings (SSSR count). The van der Waals surface area contributed by atoms with Crippen molar-refractivity contribution in [3.05, 3.63) is 48.1 Å². The highest BCUT2D eigenvalue weighted by Gasteiger charge is 2.25. The van der Waals surface area contributed by atoms with E-state index in [0.717, 1.165) is 35.1 Å². The second kappa shape index (κ2) is 8.13. The SMILES string of the molecule is Cl.NC[C@@H]1CCC[C@H](n2ccnc2-c2nc(-c3ccccc3)cs2)C1. The van der Waals surface area contributed by atoms with Gasteiger partial charge >= 0.3 is 0 Å². The third-order valence-corrected chi connectivity index (χ3v) is 5.75. The average Bonchev–Trinajstić information content (AvgIpc) is 3.31. The van der Waals surface area contributed by atoms with Gasteiger partial charge in [0.05, 0.1) is 5.69 Å². The third-order valence-electron chi connectivity index (χ3n) is 4.92. The van der Waals surface area contributed by atoms with Crippen LogP contribution in [-0.4, -0.2) is 21.1 Å². The van der Waals surface area contributed by atoms with E-state index in [-0.39, 0.29) is 12.4 Å². The van der Waals surface area contributed by atoms with E-state index in [4.69, 9.17) is 10.7 Å². The number of rotatable bonds is 4. The molecule has 0 aliphatic heterocycles. The van der Waals surface area contributed by atoms with Crippen LogP contribution in [0.25, 0.3) is 22.1 Å². The number of imidazole rings is 1. The minimum absolute atomic E-state index is 0. The summed E-state index contributed by atoms with van der Waals surface area (Å²) in [6, 6.07) is 10.8. The van der Waals surface area contributed by atoms with Crippen LogP contribution in [-0.2, 0) is 0 Å². The van der Waals surface area contributed by atoms with E-state index < -0.39 is 0 Å².